The van der Waals surface area contributed by atoms with Gasteiger partial charge >= 0.3 is 0 Å². The van der Waals surface area contributed by atoms with E-state index in [1.54, 1.807) is 20.4 Å². The fourth-order valence-corrected chi connectivity index (χ4v) is 3.21. The lowest BCUT2D eigenvalue weighted by atomic mass is 10.2. The predicted molar refractivity (Wildman–Crippen MR) is 124 cm³/mol. The molecule has 1 fully saturated rings. The molecule has 0 amide bonds. The number of rotatable bonds is 8. The predicted octanol–water partition coefficient (Wildman–Crippen LogP) is 3.64. The van der Waals surface area contributed by atoms with Gasteiger partial charge in [-0.2, -0.15) is 0 Å². The molecule has 0 radical (unpaired) electrons. The molecule has 1 aliphatic carbocycles. The normalized spacial score (nSPS) is 14.2. The van der Waals surface area contributed by atoms with Crippen molar-refractivity contribution in [1.29, 1.82) is 0 Å². The van der Waals surface area contributed by atoms with Crippen molar-refractivity contribution in [3.63, 3.8) is 0 Å². The quantitative estimate of drug-likeness (QED) is 0.319. The van der Waals surface area contributed by atoms with Crippen molar-refractivity contribution in [2.45, 2.75) is 44.9 Å². The van der Waals surface area contributed by atoms with Crippen LogP contribution in [0, 0.1) is 0 Å². The minimum Gasteiger partial charge on any atom is -0.493 e. The third-order valence-corrected chi connectivity index (χ3v) is 4.74. The first-order chi connectivity index (χ1) is 13.7. The molecule has 8 heteroatoms. The van der Waals surface area contributed by atoms with Gasteiger partial charge in [-0.05, 0) is 55.0 Å². The number of pyridine rings is 1. The van der Waals surface area contributed by atoms with Crippen LogP contribution in [-0.4, -0.2) is 31.3 Å². The van der Waals surface area contributed by atoms with Crippen molar-refractivity contribution in [1.82, 2.24) is 10.3 Å². The van der Waals surface area contributed by atoms with Crippen LogP contribution in [0.5, 0.6) is 17.4 Å². The number of guanidine groups is 1. The fraction of sp³-hybridized carbons (Fsp3) is 0.429. The second kappa shape index (κ2) is 11.7. The van der Waals surface area contributed by atoms with Gasteiger partial charge in [-0.1, -0.05) is 6.07 Å². The zero-order chi connectivity index (χ0) is 19.8. The first-order valence-corrected chi connectivity index (χ1v) is 9.54. The van der Waals surface area contributed by atoms with Crippen LogP contribution in [0.2, 0.25) is 0 Å². The molecule has 0 bridgehead atoms. The molecule has 2 aromatic rings. The van der Waals surface area contributed by atoms with Crippen LogP contribution in [0.1, 0.15) is 36.8 Å². The number of nitrogens with zero attached hydrogens (tertiary/aromatic N) is 2. The van der Waals surface area contributed by atoms with Gasteiger partial charge < -0.3 is 25.3 Å². The summed E-state index contributed by atoms with van der Waals surface area (Å²) in [4.78, 5) is 8.69. The van der Waals surface area contributed by atoms with E-state index < -0.39 is 0 Å². The van der Waals surface area contributed by atoms with E-state index in [1.807, 2.05) is 30.3 Å². The lowest BCUT2D eigenvalue weighted by Gasteiger charge is -2.13. The summed E-state index contributed by atoms with van der Waals surface area (Å²) < 4.78 is 16.5. The van der Waals surface area contributed by atoms with Crippen molar-refractivity contribution in [3.8, 4) is 17.4 Å². The summed E-state index contributed by atoms with van der Waals surface area (Å²) in [6.45, 7) is 1.01. The van der Waals surface area contributed by atoms with Crippen molar-refractivity contribution >= 4 is 29.9 Å². The molecular formula is C21H29IN4O3. The maximum Gasteiger partial charge on any atom is 0.213 e. The molecule has 1 aromatic heterocycles. The molecule has 0 saturated heterocycles. The van der Waals surface area contributed by atoms with Crippen LogP contribution >= 0.6 is 24.0 Å². The molecule has 0 atom stereocenters. The van der Waals surface area contributed by atoms with Gasteiger partial charge in [0.25, 0.3) is 0 Å². The topological polar surface area (TPSA) is 91.0 Å². The van der Waals surface area contributed by atoms with E-state index in [0.29, 0.717) is 42.5 Å². The Labute approximate surface area is 189 Å². The molecule has 0 aliphatic heterocycles. The lowest BCUT2D eigenvalue weighted by Crippen LogP contribution is -2.31. The number of methoxy groups -OCH3 is 2. The van der Waals surface area contributed by atoms with E-state index in [-0.39, 0.29) is 24.0 Å². The minimum absolute atomic E-state index is 0. The van der Waals surface area contributed by atoms with Gasteiger partial charge in [0.1, 0.15) is 6.10 Å². The Balaban J connectivity index is 0.00000300. The summed E-state index contributed by atoms with van der Waals surface area (Å²) in [6, 6.07) is 9.58. The summed E-state index contributed by atoms with van der Waals surface area (Å²) in [5.41, 5.74) is 8.04. The number of aliphatic imine (C=N–C) groups is 1. The SMILES string of the molecule is COc1ccc(CN=C(N)NCc2ccnc(OC3CCCC3)c2)cc1OC.I. The van der Waals surface area contributed by atoms with Gasteiger partial charge in [-0.25, -0.2) is 9.98 Å². The summed E-state index contributed by atoms with van der Waals surface area (Å²) >= 11 is 0. The van der Waals surface area contributed by atoms with Gasteiger partial charge in [0.05, 0.1) is 20.8 Å². The monoisotopic (exact) mass is 512 g/mol. The van der Waals surface area contributed by atoms with Gasteiger partial charge in [-0.3, -0.25) is 0 Å². The van der Waals surface area contributed by atoms with Crippen LogP contribution in [-0.2, 0) is 13.1 Å². The minimum atomic E-state index is 0. The third kappa shape index (κ3) is 6.95. The molecule has 1 aromatic carbocycles. The second-order valence-electron chi connectivity index (χ2n) is 6.77. The number of nitrogens with two attached hydrogens (primary N) is 1. The number of nitrogens with one attached hydrogen (secondary N) is 1. The Hall–Kier alpha value is -2.23. The average Bonchev–Trinajstić information content (AvgIpc) is 3.23. The zero-order valence-electron chi connectivity index (χ0n) is 16.9. The first-order valence-electron chi connectivity index (χ1n) is 9.54. The molecule has 1 saturated carbocycles. The van der Waals surface area contributed by atoms with Crippen molar-refractivity contribution < 1.29 is 14.2 Å². The van der Waals surface area contributed by atoms with Crippen LogP contribution in [0.25, 0.3) is 0 Å². The smallest absolute Gasteiger partial charge is 0.213 e. The molecule has 0 spiro atoms. The van der Waals surface area contributed by atoms with Crippen molar-refractivity contribution in [3.05, 3.63) is 47.7 Å². The molecule has 7 nitrogen and oxygen atoms in total. The highest BCUT2D eigenvalue weighted by atomic mass is 127. The molecule has 1 aliphatic rings. The van der Waals surface area contributed by atoms with E-state index in [2.05, 4.69) is 15.3 Å². The number of hydrogen-bond donors (Lipinski definition) is 2. The highest BCUT2D eigenvalue weighted by Gasteiger charge is 2.17. The number of ether oxygens (including phenoxy) is 3. The van der Waals surface area contributed by atoms with Crippen LogP contribution in [0.4, 0.5) is 0 Å². The summed E-state index contributed by atoms with van der Waals surface area (Å²) in [6.07, 6.45) is 6.75. The maximum atomic E-state index is 6.00. The molecular weight excluding hydrogens is 483 g/mol. The Morgan fingerprint density at radius 1 is 1.10 bits per heavy atom. The summed E-state index contributed by atoms with van der Waals surface area (Å²) in [7, 11) is 3.22. The molecule has 0 unspecified atom stereocenters. The highest BCUT2D eigenvalue weighted by Crippen LogP contribution is 2.27. The Kier molecular flexibility index (Phi) is 9.30. The lowest BCUT2D eigenvalue weighted by molar-refractivity contribution is 0.201. The van der Waals surface area contributed by atoms with Gasteiger partial charge in [0.2, 0.25) is 5.88 Å². The van der Waals surface area contributed by atoms with Crippen molar-refractivity contribution in [2.75, 3.05) is 14.2 Å². The van der Waals surface area contributed by atoms with Gasteiger partial charge in [-0.15, -0.1) is 24.0 Å². The largest absolute Gasteiger partial charge is 0.493 e. The highest BCUT2D eigenvalue weighted by molar-refractivity contribution is 14.0. The standard InChI is InChI=1S/C21H28N4O3.HI/c1-26-18-8-7-15(11-19(18)27-2)13-24-21(22)25-14-16-9-10-23-20(12-16)28-17-5-3-4-6-17;/h7-12,17H,3-6,13-14H2,1-2H3,(H3,22,24,25);1H. The molecule has 3 rings (SSSR count). The summed E-state index contributed by atoms with van der Waals surface area (Å²) in [5.74, 6) is 2.42. The van der Waals surface area contributed by atoms with Gasteiger partial charge in [0.15, 0.2) is 17.5 Å². The van der Waals surface area contributed by atoms with E-state index in [0.717, 1.165) is 24.0 Å². The number of halogens is 1. The van der Waals surface area contributed by atoms with Crippen molar-refractivity contribution in [2.24, 2.45) is 10.7 Å². The number of aromatic nitrogens is 1. The van der Waals surface area contributed by atoms with E-state index >= 15 is 0 Å². The van der Waals surface area contributed by atoms with Crippen LogP contribution in [0.3, 0.4) is 0 Å². The Bertz CT molecular complexity index is 810. The van der Waals surface area contributed by atoms with E-state index in [4.69, 9.17) is 19.9 Å². The van der Waals surface area contributed by atoms with E-state index in [9.17, 15) is 0 Å². The zero-order valence-corrected chi connectivity index (χ0v) is 19.2. The average molecular weight is 512 g/mol. The van der Waals surface area contributed by atoms with Gasteiger partial charge in [0, 0.05) is 18.8 Å². The molecule has 1 heterocycles. The maximum absolute atomic E-state index is 6.00. The molecule has 158 valence electrons. The van der Waals surface area contributed by atoms with E-state index in [1.165, 1.54) is 12.8 Å². The Morgan fingerprint density at radius 3 is 2.59 bits per heavy atom. The fourth-order valence-electron chi connectivity index (χ4n) is 3.21. The van der Waals surface area contributed by atoms with Crippen LogP contribution in [0.15, 0.2) is 41.5 Å². The third-order valence-electron chi connectivity index (χ3n) is 4.74. The molecule has 3 N–H and O–H groups in total. The Morgan fingerprint density at radius 2 is 1.86 bits per heavy atom. The number of hydrogen-bond acceptors (Lipinski definition) is 5. The molecule has 29 heavy (non-hydrogen) atoms. The number of benzene rings is 1. The second-order valence-corrected chi connectivity index (χ2v) is 6.77. The van der Waals surface area contributed by atoms with Crippen LogP contribution < -0.4 is 25.3 Å². The first kappa shape index (κ1) is 23.1. The summed E-state index contributed by atoms with van der Waals surface area (Å²) in [5, 5.41) is 3.13.